The van der Waals surface area contributed by atoms with Crippen LogP contribution in [0.5, 0.6) is 0 Å². The zero-order valence-electron chi connectivity index (χ0n) is 15.8. The lowest BCUT2D eigenvalue weighted by atomic mass is 10.1. The van der Waals surface area contributed by atoms with E-state index < -0.39 is 11.9 Å². The number of esters is 1. The van der Waals surface area contributed by atoms with Crippen molar-refractivity contribution < 1.29 is 14.3 Å². The van der Waals surface area contributed by atoms with Crippen LogP contribution in [0.2, 0.25) is 5.02 Å². The molecule has 0 spiro atoms. The highest BCUT2D eigenvalue weighted by Gasteiger charge is 2.13. The molecule has 1 amide bonds. The van der Waals surface area contributed by atoms with Gasteiger partial charge in [0, 0.05) is 11.4 Å². The third kappa shape index (κ3) is 5.65. The molecule has 1 heterocycles. The molecule has 0 aliphatic rings. The predicted molar refractivity (Wildman–Crippen MR) is 110 cm³/mol. The van der Waals surface area contributed by atoms with Gasteiger partial charge in [-0.3, -0.25) is 14.4 Å². The van der Waals surface area contributed by atoms with E-state index in [0.717, 1.165) is 5.56 Å². The molecular formula is C21H20ClN3O4. The average molecular weight is 414 g/mol. The predicted octanol–water partition coefficient (Wildman–Crippen LogP) is 2.93. The van der Waals surface area contributed by atoms with E-state index in [9.17, 15) is 14.4 Å². The Morgan fingerprint density at radius 3 is 2.79 bits per heavy atom. The number of ether oxygens (including phenoxy) is 1. The third-order valence-electron chi connectivity index (χ3n) is 4.32. The summed E-state index contributed by atoms with van der Waals surface area (Å²) in [7, 11) is 0. The second-order valence-corrected chi connectivity index (χ2v) is 6.97. The van der Waals surface area contributed by atoms with Gasteiger partial charge in [0.1, 0.15) is 5.82 Å². The number of para-hydroxylation sites is 1. The Labute approximate surface area is 172 Å². The maximum atomic E-state index is 12.0. The monoisotopic (exact) mass is 413 g/mol. The summed E-state index contributed by atoms with van der Waals surface area (Å²) in [5.74, 6) is -0.570. The quantitative estimate of drug-likeness (QED) is 0.580. The fraction of sp³-hybridized carbons (Fsp3) is 0.238. The summed E-state index contributed by atoms with van der Waals surface area (Å²) in [5, 5.41) is 3.81. The van der Waals surface area contributed by atoms with Gasteiger partial charge in [0.25, 0.3) is 11.5 Å². The van der Waals surface area contributed by atoms with Gasteiger partial charge in [-0.2, -0.15) is 0 Å². The highest BCUT2D eigenvalue weighted by atomic mass is 35.5. The highest BCUT2D eigenvalue weighted by Crippen LogP contribution is 2.17. The number of aromatic amines is 1. The first kappa shape index (κ1) is 20.5. The van der Waals surface area contributed by atoms with Crippen molar-refractivity contribution in [1.29, 1.82) is 0 Å². The van der Waals surface area contributed by atoms with Gasteiger partial charge in [-0.1, -0.05) is 35.9 Å². The standard InChI is InChI=1S/C21H20ClN3O4/c1-13(14-5-4-6-15(22)11-14)23-19(26)12-29-20(27)10-9-18-24-17-8-3-2-7-16(17)21(28)25-18/h2-8,11,13H,9-10,12H2,1H3,(H,23,26)(H,24,25,28)/t13-/m0/s1. The van der Waals surface area contributed by atoms with Crippen LogP contribution in [0.15, 0.2) is 53.3 Å². The number of hydrogen-bond donors (Lipinski definition) is 2. The summed E-state index contributed by atoms with van der Waals surface area (Å²) < 4.78 is 5.01. The number of halogens is 1. The van der Waals surface area contributed by atoms with Gasteiger partial charge in [0.2, 0.25) is 0 Å². The van der Waals surface area contributed by atoms with E-state index in [0.29, 0.717) is 21.7 Å². The van der Waals surface area contributed by atoms with Crippen molar-refractivity contribution >= 4 is 34.4 Å². The number of aryl methyl sites for hydroxylation is 1. The summed E-state index contributed by atoms with van der Waals surface area (Å²) in [6, 6.07) is 13.8. The van der Waals surface area contributed by atoms with Crippen molar-refractivity contribution in [2.24, 2.45) is 0 Å². The number of hydrogen-bond acceptors (Lipinski definition) is 5. The minimum Gasteiger partial charge on any atom is -0.456 e. The Morgan fingerprint density at radius 1 is 1.21 bits per heavy atom. The molecule has 0 saturated heterocycles. The van der Waals surface area contributed by atoms with Crippen LogP contribution in [0.4, 0.5) is 0 Å². The number of aromatic nitrogens is 2. The highest BCUT2D eigenvalue weighted by molar-refractivity contribution is 6.30. The summed E-state index contributed by atoms with van der Waals surface area (Å²) in [6.45, 7) is 1.43. The number of nitrogens with zero attached hydrogens (tertiary/aromatic N) is 1. The molecule has 150 valence electrons. The molecular weight excluding hydrogens is 394 g/mol. The Balaban J connectivity index is 1.47. The Bertz CT molecular complexity index is 1100. The van der Waals surface area contributed by atoms with Crippen molar-refractivity contribution in [3.8, 4) is 0 Å². The number of carbonyl (C=O) groups is 2. The van der Waals surface area contributed by atoms with Gasteiger partial charge in [-0.25, -0.2) is 4.98 Å². The van der Waals surface area contributed by atoms with Crippen LogP contribution in [-0.2, 0) is 20.7 Å². The molecule has 0 fully saturated rings. The van der Waals surface area contributed by atoms with Crippen LogP contribution in [0.1, 0.15) is 30.8 Å². The van der Waals surface area contributed by atoms with Crippen molar-refractivity contribution in [2.45, 2.75) is 25.8 Å². The number of benzene rings is 2. The average Bonchev–Trinajstić information content (AvgIpc) is 2.71. The van der Waals surface area contributed by atoms with Crippen LogP contribution in [0.25, 0.3) is 10.9 Å². The van der Waals surface area contributed by atoms with Gasteiger partial charge in [0.05, 0.1) is 23.4 Å². The lowest BCUT2D eigenvalue weighted by Crippen LogP contribution is -2.31. The maximum Gasteiger partial charge on any atom is 0.306 e. The SMILES string of the molecule is C[C@H](NC(=O)COC(=O)CCc1nc2ccccc2c(=O)[nH]1)c1cccc(Cl)c1. The van der Waals surface area contributed by atoms with Crippen molar-refractivity contribution in [3.63, 3.8) is 0 Å². The summed E-state index contributed by atoms with van der Waals surface area (Å²) in [5.41, 5.74) is 1.16. The Morgan fingerprint density at radius 2 is 2.00 bits per heavy atom. The van der Waals surface area contributed by atoms with Crippen LogP contribution in [0, 0.1) is 0 Å². The number of amides is 1. The van der Waals surface area contributed by atoms with Crippen molar-refractivity contribution in [2.75, 3.05) is 6.61 Å². The van der Waals surface area contributed by atoms with E-state index >= 15 is 0 Å². The van der Waals surface area contributed by atoms with Crippen LogP contribution < -0.4 is 10.9 Å². The van der Waals surface area contributed by atoms with E-state index in [4.69, 9.17) is 16.3 Å². The molecule has 0 aliphatic carbocycles. The van der Waals surface area contributed by atoms with E-state index in [2.05, 4.69) is 15.3 Å². The summed E-state index contributed by atoms with van der Waals surface area (Å²) >= 11 is 5.95. The second-order valence-electron chi connectivity index (χ2n) is 6.53. The molecule has 0 aliphatic heterocycles. The Kier molecular flexibility index (Phi) is 6.61. The number of fused-ring (bicyclic) bond motifs is 1. The maximum absolute atomic E-state index is 12.0. The van der Waals surface area contributed by atoms with E-state index in [1.165, 1.54) is 0 Å². The minimum absolute atomic E-state index is 0.00158. The first-order valence-corrected chi connectivity index (χ1v) is 9.48. The molecule has 0 saturated carbocycles. The molecule has 1 atom stereocenters. The minimum atomic E-state index is -0.550. The van der Waals surface area contributed by atoms with Crippen molar-refractivity contribution in [3.05, 3.63) is 75.3 Å². The summed E-state index contributed by atoms with van der Waals surface area (Å²) in [4.78, 5) is 42.9. The lowest BCUT2D eigenvalue weighted by molar-refractivity contribution is -0.148. The number of H-pyrrole nitrogens is 1. The molecule has 0 radical (unpaired) electrons. The molecule has 7 nitrogen and oxygen atoms in total. The molecule has 1 aromatic heterocycles. The molecule has 2 aromatic carbocycles. The first-order chi connectivity index (χ1) is 13.9. The van der Waals surface area contributed by atoms with E-state index in [1.807, 2.05) is 13.0 Å². The van der Waals surface area contributed by atoms with Crippen LogP contribution in [0.3, 0.4) is 0 Å². The lowest BCUT2D eigenvalue weighted by Gasteiger charge is -2.14. The number of nitrogens with one attached hydrogen (secondary N) is 2. The van der Waals surface area contributed by atoms with Crippen LogP contribution in [-0.4, -0.2) is 28.5 Å². The van der Waals surface area contributed by atoms with E-state index in [1.54, 1.807) is 42.5 Å². The molecule has 29 heavy (non-hydrogen) atoms. The molecule has 0 bridgehead atoms. The molecule has 2 N–H and O–H groups in total. The van der Waals surface area contributed by atoms with Gasteiger partial charge < -0.3 is 15.0 Å². The fourth-order valence-corrected chi connectivity index (χ4v) is 3.03. The van der Waals surface area contributed by atoms with Gasteiger partial charge in [0.15, 0.2) is 6.61 Å². The molecule has 8 heteroatoms. The van der Waals surface area contributed by atoms with Gasteiger partial charge >= 0.3 is 5.97 Å². The molecule has 3 rings (SSSR count). The van der Waals surface area contributed by atoms with Crippen molar-refractivity contribution in [1.82, 2.24) is 15.3 Å². The molecule has 0 unspecified atom stereocenters. The second kappa shape index (κ2) is 9.34. The zero-order chi connectivity index (χ0) is 20.8. The smallest absolute Gasteiger partial charge is 0.306 e. The summed E-state index contributed by atoms with van der Waals surface area (Å²) in [6.07, 6.45) is 0.206. The first-order valence-electron chi connectivity index (χ1n) is 9.11. The third-order valence-corrected chi connectivity index (χ3v) is 4.55. The number of carbonyl (C=O) groups excluding carboxylic acids is 2. The Hall–Kier alpha value is -3.19. The van der Waals surface area contributed by atoms with Gasteiger partial charge in [-0.15, -0.1) is 0 Å². The largest absolute Gasteiger partial charge is 0.456 e. The van der Waals surface area contributed by atoms with E-state index in [-0.39, 0.29) is 31.0 Å². The topological polar surface area (TPSA) is 101 Å². The van der Waals surface area contributed by atoms with Gasteiger partial charge in [-0.05, 0) is 36.8 Å². The molecule has 3 aromatic rings. The number of rotatable bonds is 7. The normalized spacial score (nSPS) is 11.8. The fourth-order valence-electron chi connectivity index (χ4n) is 2.83. The van der Waals surface area contributed by atoms with Crippen LogP contribution >= 0.6 is 11.6 Å². The zero-order valence-corrected chi connectivity index (χ0v) is 16.5.